The summed E-state index contributed by atoms with van der Waals surface area (Å²) in [5, 5.41) is 2.25. The average molecular weight is 402 g/mol. The van der Waals surface area contributed by atoms with Gasteiger partial charge in [0.05, 0.1) is 6.54 Å². The van der Waals surface area contributed by atoms with Crippen LogP contribution in [0.1, 0.15) is 15.9 Å². The van der Waals surface area contributed by atoms with E-state index in [0.717, 1.165) is 24.3 Å². The molecule has 1 N–H and O–H groups in total. The van der Waals surface area contributed by atoms with Crippen LogP contribution in [0.4, 0.5) is 22.0 Å². The Morgan fingerprint density at radius 2 is 1.61 bits per heavy atom. The smallest absolute Gasteiger partial charge is 0.406 e. The van der Waals surface area contributed by atoms with Crippen LogP contribution < -0.4 is 10.1 Å². The fourth-order valence-electron chi connectivity index (χ4n) is 2.24. The first-order valence-electron chi connectivity index (χ1n) is 7.86. The number of hydrogen-bond acceptors (Lipinski definition) is 3. The molecule has 0 aromatic heterocycles. The predicted octanol–water partition coefficient (Wildman–Crippen LogP) is 3.25. The maximum atomic E-state index is 13.1. The third kappa shape index (κ3) is 6.53. The summed E-state index contributed by atoms with van der Waals surface area (Å²) < 4.78 is 66.3. The van der Waals surface area contributed by atoms with Gasteiger partial charge < -0.3 is 15.0 Å². The van der Waals surface area contributed by atoms with Crippen molar-refractivity contribution in [3.63, 3.8) is 0 Å². The Morgan fingerprint density at radius 1 is 1.04 bits per heavy atom. The van der Waals surface area contributed by atoms with Crippen molar-refractivity contribution in [1.29, 1.82) is 0 Å². The van der Waals surface area contributed by atoms with E-state index in [2.05, 4.69) is 10.1 Å². The maximum Gasteiger partial charge on any atom is 0.573 e. The van der Waals surface area contributed by atoms with Gasteiger partial charge >= 0.3 is 6.36 Å². The lowest BCUT2D eigenvalue weighted by Gasteiger charge is -2.18. The van der Waals surface area contributed by atoms with Crippen molar-refractivity contribution < 1.29 is 36.3 Å². The number of carbonyl (C=O) groups excluding carboxylic acids is 2. The number of rotatable bonds is 6. The molecule has 2 aromatic carbocycles. The summed E-state index contributed by atoms with van der Waals surface area (Å²) in [4.78, 5) is 25.2. The number of ether oxygens (including phenoxy) is 1. The third-order valence-electron chi connectivity index (χ3n) is 3.53. The van der Waals surface area contributed by atoms with Gasteiger partial charge in [0.2, 0.25) is 5.91 Å². The molecular formula is C18H15F5N2O3. The number of benzene rings is 2. The van der Waals surface area contributed by atoms with Crippen LogP contribution in [0.15, 0.2) is 42.5 Å². The quantitative estimate of drug-likeness (QED) is 0.755. The van der Waals surface area contributed by atoms with Crippen molar-refractivity contribution in [2.24, 2.45) is 0 Å². The lowest BCUT2D eigenvalue weighted by Crippen LogP contribution is -2.37. The van der Waals surface area contributed by atoms with Crippen LogP contribution in [0.5, 0.6) is 5.75 Å². The first-order chi connectivity index (χ1) is 13.0. The summed E-state index contributed by atoms with van der Waals surface area (Å²) in [6.07, 6.45) is -4.79. The SMILES string of the molecule is CN(Cc1ccc(OC(F)(F)F)cc1)C(=O)CNC(=O)c1cc(F)cc(F)c1. The molecule has 0 unspecified atom stereocenters. The maximum absolute atomic E-state index is 13.1. The van der Waals surface area contributed by atoms with Crippen LogP contribution >= 0.6 is 0 Å². The van der Waals surface area contributed by atoms with E-state index in [9.17, 15) is 31.5 Å². The second-order valence-electron chi connectivity index (χ2n) is 5.78. The summed E-state index contributed by atoms with van der Waals surface area (Å²) in [5.74, 6) is -3.58. The first-order valence-corrected chi connectivity index (χ1v) is 7.86. The fourth-order valence-corrected chi connectivity index (χ4v) is 2.24. The van der Waals surface area contributed by atoms with Crippen molar-refractivity contribution in [2.75, 3.05) is 13.6 Å². The molecule has 0 saturated heterocycles. The lowest BCUT2D eigenvalue weighted by atomic mass is 10.2. The summed E-state index contributed by atoms with van der Waals surface area (Å²) in [6, 6.07) is 7.22. The Kier molecular flexibility index (Phi) is 6.55. The van der Waals surface area contributed by atoms with Gasteiger partial charge in [-0.15, -0.1) is 13.2 Å². The number of amides is 2. The van der Waals surface area contributed by atoms with E-state index in [0.29, 0.717) is 11.6 Å². The number of nitrogens with one attached hydrogen (secondary N) is 1. The van der Waals surface area contributed by atoms with E-state index in [1.54, 1.807) is 0 Å². The molecule has 0 bridgehead atoms. The highest BCUT2D eigenvalue weighted by Gasteiger charge is 2.30. The monoisotopic (exact) mass is 402 g/mol. The van der Waals surface area contributed by atoms with Crippen LogP contribution in [0.3, 0.4) is 0 Å². The lowest BCUT2D eigenvalue weighted by molar-refractivity contribution is -0.274. The largest absolute Gasteiger partial charge is 0.573 e. The first kappa shape index (κ1) is 21.1. The highest BCUT2D eigenvalue weighted by Crippen LogP contribution is 2.23. The fraction of sp³-hybridized carbons (Fsp3) is 0.222. The molecule has 0 aliphatic heterocycles. The topological polar surface area (TPSA) is 58.6 Å². The van der Waals surface area contributed by atoms with Gasteiger partial charge in [0.15, 0.2) is 0 Å². The molecule has 2 rings (SSSR count). The van der Waals surface area contributed by atoms with Gasteiger partial charge in [-0.25, -0.2) is 8.78 Å². The van der Waals surface area contributed by atoms with Crippen molar-refractivity contribution >= 4 is 11.8 Å². The predicted molar refractivity (Wildman–Crippen MR) is 88.3 cm³/mol. The second-order valence-corrected chi connectivity index (χ2v) is 5.78. The van der Waals surface area contributed by atoms with Crippen LogP contribution in [-0.4, -0.2) is 36.7 Å². The van der Waals surface area contributed by atoms with E-state index in [-0.39, 0.29) is 17.9 Å². The van der Waals surface area contributed by atoms with E-state index in [1.807, 2.05) is 0 Å². The molecular weight excluding hydrogens is 387 g/mol. The molecule has 10 heteroatoms. The molecule has 2 amide bonds. The van der Waals surface area contributed by atoms with Crippen LogP contribution in [0.2, 0.25) is 0 Å². The number of carbonyl (C=O) groups is 2. The van der Waals surface area contributed by atoms with E-state index < -0.39 is 36.4 Å². The number of likely N-dealkylation sites (N-methyl/N-ethyl adjacent to an activating group) is 1. The molecule has 0 aliphatic carbocycles. The highest BCUT2D eigenvalue weighted by molar-refractivity contribution is 5.96. The molecule has 0 spiro atoms. The van der Waals surface area contributed by atoms with Gasteiger partial charge in [0.1, 0.15) is 17.4 Å². The van der Waals surface area contributed by atoms with E-state index >= 15 is 0 Å². The van der Waals surface area contributed by atoms with E-state index in [4.69, 9.17) is 0 Å². The Morgan fingerprint density at radius 3 is 2.14 bits per heavy atom. The molecule has 0 aliphatic rings. The van der Waals surface area contributed by atoms with Gasteiger partial charge in [0, 0.05) is 25.2 Å². The second kappa shape index (κ2) is 8.68. The Hall–Kier alpha value is -3.17. The van der Waals surface area contributed by atoms with Crippen LogP contribution in [-0.2, 0) is 11.3 Å². The zero-order valence-electron chi connectivity index (χ0n) is 14.5. The van der Waals surface area contributed by atoms with Gasteiger partial charge in [-0.05, 0) is 29.8 Å². The molecule has 0 fully saturated rings. The summed E-state index contributed by atoms with van der Waals surface area (Å²) >= 11 is 0. The summed E-state index contributed by atoms with van der Waals surface area (Å²) in [5.41, 5.74) is 0.261. The average Bonchev–Trinajstić information content (AvgIpc) is 2.58. The minimum Gasteiger partial charge on any atom is -0.406 e. The van der Waals surface area contributed by atoms with Crippen LogP contribution in [0.25, 0.3) is 0 Å². The van der Waals surface area contributed by atoms with Gasteiger partial charge in [0.25, 0.3) is 5.91 Å². The number of nitrogens with zero attached hydrogens (tertiary/aromatic N) is 1. The molecule has 0 atom stereocenters. The summed E-state index contributed by atoms with van der Waals surface area (Å²) in [7, 11) is 1.43. The zero-order valence-corrected chi connectivity index (χ0v) is 14.5. The molecule has 28 heavy (non-hydrogen) atoms. The van der Waals surface area contributed by atoms with Crippen molar-refractivity contribution in [1.82, 2.24) is 10.2 Å². The van der Waals surface area contributed by atoms with Gasteiger partial charge in [-0.2, -0.15) is 0 Å². The van der Waals surface area contributed by atoms with Gasteiger partial charge in [-0.3, -0.25) is 9.59 Å². The molecule has 2 aromatic rings. The molecule has 0 heterocycles. The highest BCUT2D eigenvalue weighted by atomic mass is 19.4. The number of alkyl halides is 3. The minimum atomic E-state index is -4.79. The molecule has 5 nitrogen and oxygen atoms in total. The number of halogens is 5. The summed E-state index contributed by atoms with van der Waals surface area (Å²) in [6.45, 7) is -0.363. The Bertz CT molecular complexity index is 833. The normalized spacial score (nSPS) is 11.1. The van der Waals surface area contributed by atoms with E-state index in [1.165, 1.54) is 24.1 Å². The van der Waals surface area contributed by atoms with Crippen molar-refractivity contribution in [2.45, 2.75) is 12.9 Å². The van der Waals surface area contributed by atoms with Crippen LogP contribution in [0, 0.1) is 11.6 Å². The standard InChI is InChI=1S/C18H15F5N2O3/c1-25(10-11-2-4-15(5-3-11)28-18(21,22)23)16(26)9-24-17(27)12-6-13(19)8-14(20)7-12/h2-8H,9-10H2,1H3,(H,24,27). The Labute approximate surface area is 156 Å². The minimum absolute atomic E-state index is 0.0651. The molecule has 0 saturated carbocycles. The zero-order chi connectivity index (χ0) is 20.9. The Balaban J connectivity index is 1.88. The van der Waals surface area contributed by atoms with Crippen molar-refractivity contribution in [3.8, 4) is 5.75 Å². The molecule has 0 radical (unpaired) electrons. The third-order valence-corrected chi connectivity index (χ3v) is 3.53. The molecule has 150 valence electrons. The van der Waals surface area contributed by atoms with Gasteiger partial charge in [-0.1, -0.05) is 12.1 Å². The van der Waals surface area contributed by atoms with Crippen molar-refractivity contribution in [3.05, 3.63) is 65.2 Å². The number of hydrogen-bond donors (Lipinski definition) is 1.